The van der Waals surface area contributed by atoms with Crippen LogP contribution in [0.15, 0.2) is 0 Å². The van der Waals surface area contributed by atoms with E-state index in [0.717, 1.165) is 19.3 Å². The summed E-state index contributed by atoms with van der Waals surface area (Å²) < 4.78 is 10.4. The molecule has 0 N–H and O–H groups in total. The Morgan fingerprint density at radius 2 is 1.69 bits per heavy atom. The highest BCUT2D eigenvalue weighted by atomic mass is 16.5. The zero-order valence-corrected chi connectivity index (χ0v) is 9.38. The third-order valence-electron chi connectivity index (χ3n) is 2.39. The van der Waals surface area contributed by atoms with E-state index in [0.29, 0.717) is 12.0 Å². The van der Waals surface area contributed by atoms with E-state index in [9.17, 15) is 0 Å². The lowest BCUT2D eigenvalue weighted by molar-refractivity contribution is 0.0511. The van der Waals surface area contributed by atoms with Crippen molar-refractivity contribution in [1.29, 1.82) is 0 Å². The van der Waals surface area contributed by atoms with Crippen molar-refractivity contribution in [2.75, 3.05) is 14.2 Å². The average Bonchev–Trinajstić information content (AvgIpc) is 2.11. The molecule has 0 spiro atoms. The first-order chi connectivity index (χ1) is 6.11. The van der Waals surface area contributed by atoms with Crippen LogP contribution in [0.2, 0.25) is 0 Å². The van der Waals surface area contributed by atoms with Crippen molar-refractivity contribution in [1.82, 2.24) is 0 Å². The minimum atomic E-state index is 0.129. The Kier molecular flexibility index (Phi) is 7.29. The van der Waals surface area contributed by atoms with Gasteiger partial charge in [0.15, 0.2) is 0 Å². The Bertz CT molecular complexity index is 113. The molecule has 2 heteroatoms. The first-order valence-electron chi connectivity index (χ1n) is 5.00. The highest BCUT2D eigenvalue weighted by molar-refractivity contribution is 4.65. The molecule has 0 aliphatic rings. The van der Waals surface area contributed by atoms with Gasteiger partial charge < -0.3 is 9.47 Å². The van der Waals surface area contributed by atoms with Crippen LogP contribution in [0.25, 0.3) is 0 Å². The third-order valence-corrected chi connectivity index (χ3v) is 2.39. The highest BCUT2D eigenvalue weighted by Crippen LogP contribution is 2.14. The summed E-state index contributed by atoms with van der Waals surface area (Å²) in [5.41, 5.74) is 0. The maximum atomic E-state index is 5.37. The van der Waals surface area contributed by atoms with Crippen molar-refractivity contribution in [3.63, 3.8) is 0 Å². The molecule has 0 fully saturated rings. The zero-order valence-electron chi connectivity index (χ0n) is 9.38. The lowest BCUT2D eigenvalue weighted by atomic mass is 10.0. The van der Waals surface area contributed by atoms with Crippen LogP contribution in [-0.2, 0) is 9.47 Å². The monoisotopic (exact) mass is 187 g/mol. The van der Waals surface area contributed by atoms with Crippen molar-refractivity contribution in [3.05, 3.63) is 6.92 Å². The van der Waals surface area contributed by atoms with E-state index < -0.39 is 0 Å². The Morgan fingerprint density at radius 1 is 1.08 bits per heavy atom. The maximum absolute atomic E-state index is 5.37. The average molecular weight is 187 g/mol. The standard InChI is InChI=1S/C11H23O2/c1-9(2)11(13-5)8-6-7-10(3)12-4/h9-11H,3,6-8H2,1-2,4-5H3. The van der Waals surface area contributed by atoms with Crippen molar-refractivity contribution < 1.29 is 9.47 Å². The van der Waals surface area contributed by atoms with Gasteiger partial charge in [-0.25, -0.2) is 0 Å². The van der Waals surface area contributed by atoms with Crippen molar-refractivity contribution in [3.8, 4) is 0 Å². The molecule has 0 amide bonds. The third kappa shape index (κ3) is 6.05. The number of hydrogen-bond acceptors (Lipinski definition) is 2. The van der Waals surface area contributed by atoms with Crippen LogP contribution in [0.3, 0.4) is 0 Å². The van der Waals surface area contributed by atoms with E-state index in [1.54, 1.807) is 14.2 Å². The predicted octanol–water partition coefficient (Wildman–Crippen LogP) is 2.68. The topological polar surface area (TPSA) is 18.5 Å². The molecule has 2 atom stereocenters. The first kappa shape index (κ1) is 12.9. The quantitative estimate of drug-likeness (QED) is 0.610. The van der Waals surface area contributed by atoms with Gasteiger partial charge in [-0.2, -0.15) is 0 Å². The van der Waals surface area contributed by atoms with Gasteiger partial charge in [0.25, 0.3) is 0 Å². The molecule has 0 bridgehead atoms. The fourth-order valence-electron chi connectivity index (χ4n) is 1.39. The first-order valence-corrected chi connectivity index (χ1v) is 5.00. The molecule has 0 aromatic heterocycles. The fraction of sp³-hybridized carbons (Fsp3) is 0.909. The SMILES string of the molecule is [CH2]C(CCCC(OC)C(C)C)OC. The lowest BCUT2D eigenvalue weighted by Gasteiger charge is -2.19. The summed E-state index contributed by atoms with van der Waals surface area (Å²) in [6.45, 7) is 8.23. The van der Waals surface area contributed by atoms with Gasteiger partial charge in [0, 0.05) is 14.2 Å². The van der Waals surface area contributed by atoms with Crippen molar-refractivity contribution >= 4 is 0 Å². The minimum Gasteiger partial charge on any atom is -0.381 e. The normalized spacial score (nSPS) is 16.2. The van der Waals surface area contributed by atoms with E-state index in [1.807, 2.05) is 0 Å². The van der Waals surface area contributed by atoms with Crippen molar-refractivity contribution in [2.24, 2.45) is 5.92 Å². The summed E-state index contributed by atoms with van der Waals surface area (Å²) in [6, 6.07) is 0. The summed E-state index contributed by atoms with van der Waals surface area (Å²) in [5, 5.41) is 0. The van der Waals surface area contributed by atoms with Crippen molar-refractivity contribution in [2.45, 2.75) is 45.3 Å². The Hall–Kier alpha value is -0.0800. The molecule has 0 aliphatic heterocycles. The van der Waals surface area contributed by atoms with E-state index in [1.165, 1.54) is 0 Å². The zero-order chi connectivity index (χ0) is 10.3. The molecular formula is C11H23O2. The van der Waals surface area contributed by atoms with E-state index >= 15 is 0 Å². The van der Waals surface area contributed by atoms with Crippen LogP contribution in [0.1, 0.15) is 33.1 Å². The summed E-state index contributed by atoms with van der Waals surface area (Å²) in [7, 11) is 3.48. The fourth-order valence-corrected chi connectivity index (χ4v) is 1.39. The van der Waals surface area contributed by atoms with Gasteiger partial charge >= 0.3 is 0 Å². The second-order valence-electron chi connectivity index (χ2n) is 3.81. The molecule has 0 aromatic rings. The summed E-state index contributed by atoms with van der Waals surface area (Å²) >= 11 is 0. The van der Waals surface area contributed by atoms with Crippen LogP contribution < -0.4 is 0 Å². The van der Waals surface area contributed by atoms with Gasteiger partial charge in [0.1, 0.15) is 0 Å². The second-order valence-corrected chi connectivity index (χ2v) is 3.81. The summed E-state index contributed by atoms with van der Waals surface area (Å²) in [5.74, 6) is 0.593. The molecule has 0 rings (SSSR count). The van der Waals surface area contributed by atoms with Crippen LogP contribution >= 0.6 is 0 Å². The number of rotatable bonds is 7. The van der Waals surface area contributed by atoms with Gasteiger partial charge in [-0.05, 0) is 32.1 Å². The molecule has 13 heavy (non-hydrogen) atoms. The van der Waals surface area contributed by atoms with E-state index in [4.69, 9.17) is 9.47 Å². The number of ether oxygens (including phenoxy) is 2. The molecule has 0 saturated heterocycles. The summed E-state index contributed by atoms with van der Waals surface area (Å²) in [4.78, 5) is 0. The second kappa shape index (κ2) is 7.34. The van der Waals surface area contributed by atoms with Crippen LogP contribution in [0.4, 0.5) is 0 Å². The Morgan fingerprint density at radius 3 is 2.08 bits per heavy atom. The van der Waals surface area contributed by atoms with Crippen LogP contribution in [0, 0.1) is 12.8 Å². The Balaban J connectivity index is 3.49. The molecule has 2 nitrogen and oxygen atoms in total. The predicted molar refractivity (Wildman–Crippen MR) is 55.6 cm³/mol. The molecule has 2 unspecified atom stereocenters. The van der Waals surface area contributed by atoms with Gasteiger partial charge in [-0.3, -0.25) is 0 Å². The van der Waals surface area contributed by atoms with E-state index in [-0.39, 0.29) is 6.10 Å². The Labute approximate surface area is 82.6 Å². The van der Waals surface area contributed by atoms with E-state index in [2.05, 4.69) is 20.8 Å². The summed E-state index contributed by atoms with van der Waals surface area (Å²) in [6.07, 6.45) is 3.75. The lowest BCUT2D eigenvalue weighted by Crippen LogP contribution is -2.18. The highest BCUT2D eigenvalue weighted by Gasteiger charge is 2.12. The maximum Gasteiger partial charge on any atom is 0.0594 e. The smallest absolute Gasteiger partial charge is 0.0594 e. The molecule has 0 saturated carbocycles. The van der Waals surface area contributed by atoms with Gasteiger partial charge in [-0.1, -0.05) is 13.8 Å². The van der Waals surface area contributed by atoms with Gasteiger partial charge in [0.05, 0.1) is 12.2 Å². The largest absolute Gasteiger partial charge is 0.381 e. The molecule has 79 valence electrons. The molecule has 0 aliphatic carbocycles. The van der Waals surface area contributed by atoms with Gasteiger partial charge in [0.2, 0.25) is 0 Å². The molecule has 0 aromatic carbocycles. The molecular weight excluding hydrogens is 164 g/mol. The number of methoxy groups -OCH3 is 2. The number of hydrogen-bond donors (Lipinski definition) is 0. The van der Waals surface area contributed by atoms with Gasteiger partial charge in [-0.15, -0.1) is 0 Å². The minimum absolute atomic E-state index is 0.129. The van der Waals surface area contributed by atoms with Crippen LogP contribution in [-0.4, -0.2) is 26.4 Å². The molecule has 1 radical (unpaired) electrons. The molecule has 0 heterocycles. The van der Waals surface area contributed by atoms with Crippen LogP contribution in [0.5, 0.6) is 0 Å².